The van der Waals surface area contributed by atoms with Gasteiger partial charge in [0.05, 0.1) is 14.2 Å². The molecule has 6 nitrogen and oxygen atoms in total. The molecule has 0 N–H and O–H groups in total. The lowest BCUT2D eigenvalue weighted by atomic mass is 9.93. The second kappa shape index (κ2) is 8.61. The van der Waals surface area contributed by atoms with Crippen LogP contribution in [0.4, 0.5) is 0 Å². The number of ether oxygens (including phenoxy) is 2. The fourth-order valence-corrected chi connectivity index (χ4v) is 4.67. The van der Waals surface area contributed by atoms with Gasteiger partial charge < -0.3 is 19.3 Å². The number of carbonyl (C=O) groups excluding carboxylic acids is 2. The van der Waals surface area contributed by atoms with Gasteiger partial charge in [0.25, 0.3) is 5.91 Å². The number of hydrogen-bond donors (Lipinski definition) is 0. The fourth-order valence-electron chi connectivity index (χ4n) is 4.67. The largest absolute Gasteiger partial charge is 0.493 e. The van der Waals surface area contributed by atoms with Crippen molar-refractivity contribution in [3.8, 4) is 11.5 Å². The van der Waals surface area contributed by atoms with E-state index in [0.717, 1.165) is 24.0 Å². The van der Waals surface area contributed by atoms with Crippen LogP contribution in [0.5, 0.6) is 11.5 Å². The van der Waals surface area contributed by atoms with Gasteiger partial charge in [-0.1, -0.05) is 38.5 Å². The SMILES string of the molecule is CC[C@H](C)[C@@H](C(=O)N1CCc2cc(OC)c(OC)cc2C1)N1Cc2ccccc2C1=O. The number of hydrogen-bond acceptors (Lipinski definition) is 4. The summed E-state index contributed by atoms with van der Waals surface area (Å²) >= 11 is 0. The number of amides is 2. The van der Waals surface area contributed by atoms with E-state index < -0.39 is 6.04 Å². The Balaban J connectivity index is 1.60. The van der Waals surface area contributed by atoms with Gasteiger partial charge in [-0.15, -0.1) is 0 Å². The van der Waals surface area contributed by atoms with Crippen LogP contribution in [0.15, 0.2) is 36.4 Å². The molecule has 0 fully saturated rings. The molecule has 2 amide bonds. The van der Waals surface area contributed by atoms with Crippen molar-refractivity contribution in [3.63, 3.8) is 0 Å². The van der Waals surface area contributed by atoms with Crippen molar-refractivity contribution in [1.82, 2.24) is 9.80 Å². The summed E-state index contributed by atoms with van der Waals surface area (Å²) in [5, 5.41) is 0. The van der Waals surface area contributed by atoms with Crippen molar-refractivity contribution in [1.29, 1.82) is 0 Å². The molecule has 0 bridgehead atoms. The normalized spacial score (nSPS) is 17.1. The third-order valence-electron chi connectivity index (χ3n) is 6.65. The molecule has 0 aromatic heterocycles. The van der Waals surface area contributed by atoms with Gasteiger partial charge in [0.2, 0.25) is 5.91 Å². The predicted octanol–water partition coefficient (Wildman–Crippen LogP) is 3.66. The Morgan fingerprint density at radius 2 is 1.71 bits per heavy atom. The van der Waals surface area contributed by atoms with Gasteiger partial charge in [-0.3, -0.25) is 9.59 Å². The topological polar surface area (TPSA) is 59.1 Å². The quantitative estimate of drug-likeness (QED) is 0.713. The van der Waals surface area contributed by atoms with Gasteiger partial charge in [0, 0.05) is 25.2 Å². The molecule has 2 aromatic carbocycles. The first-order valence-corrected chi connectivity index (χ1v) is 10.9. The maximum Gasteiger partial charge on any atom is 0.255 e. The second-order valence-electron chi connectivity index (χ2n) is 8.41. The number of carbonyl (C=O) groups is 2. The maximum absolute atomic E-state index is 13.7. The van der Waals surface area contributed by atoms with Gasteiger partial charge in [0.1, 0.15) is 6.04 Å². The van der Waals surface area contributed by atoms with E-state index in [2.05, 4.69) is 13.8 Å². The maximum atomic E-state index is 13.7. The first kappa shape index (κ1) is 21.2. The molecule has 2 heterocycles. The van der Waals surface area contributed by atoms with Crippen LogP contribution >= 0.6 is 0 Å². The second-order valence-corrected chi connectivity index (χ2v) is 8.41. The summed E-state index contributed by atoms with van der Waals surface area (Å²) in [6.45, 7) is 5.76. The molecule has 2 aliphatic heterocycles. The van der Waals surface area contributed by atoms with Crippen LogP contribution in [0.3, 0.4) is 0 Å². The summed E-state index contributed by atoms with van der Waals surface area (Å²) < 4.78 is 10.9. The molecule has 0 saturated heterocycles. The van der Waals surface area contributed by atoms with Crippen molar-refractivity contribution in [2.75, 3.05) is 20.8 Å². The molecule has 0 radical (unpaired) electrons. The van der Waals surface area contributed by atoms with E-state index in [1.165, 1.54) is 5.56 Å². The molecule has 2 aromatic rings. The summed E-state index contributed by atoms with van der Waals surface area (Å²) in [5.74, 6) is 1.42. The van der Waals surface area contributed by atoms with E-state index in [0.29, 0.717) is 36.7 Å². The molecule has 6 heteroatoms. The number of methoxy groups -OCH3 is 2. The van der Waals surface area contributed by atoms with Gasteiger partial charge in [0.15, 0.2) is 11.5 Å². The van der Waals surface area contributed by atoms with Crippen molar-refractivity contribution in [2.45, 2.75) is 45.8 Å². The van der Waals surface area contributed by atoms with Crippen molar-refractivity contribution >= 4 is 11.8 Å². The van der Waals surface area contributed by atoms with E-state index in [9.17, 15) is 9.59 Å². The Hall–Kier alpha value is -3.02. The highest BCUT2D eigenvalue weighted by molar-refractivity contribution is 6.01. The van der Waals surface area contributed by atoms with E-state index >= 15 is 0 Å². The Labute approximate surface area is 183 Å². The van der Waals surface area contributed by atoms with Gasteiger partial charge in [-0.2, -0.15) is 0 Å². The van der Waals surface area contributed by atoms with Crippen LogP contribution < -0.4 is 9.47 Å². The molecule has 0 saturated carbocycles. The van der Waals surface area contributed by atoms with E-state index in [1.54, 1.807) is 19.1 Å². The minimum absolute atomic E-state index is 0.0240. The lowest BCUT2D eigenvalue weighted by molar-refractivity contribution is -0.139. The summed E-state index contributed by atoms with van der Waals surface area (Å²) in [6.07, 6.45) is 1.58. The van der Waals surface area contributed by atoms with Crippen LogP contribution in [0.2, 0.25) is 0 Å². The first-order chi connectivity index (χ1) is 15.0. The average molecular weight is 423 g/mol. The summed E-state index contributed by atoms with van der Waals surface area (Å²) in [4.78, 5) is 30.5. The predicted molar refractivity (Wildman–Crippen MR) is 118 cm³/mol. The lowest BCUT2D eigenvalue weighted by Crippen LogP contribution is -2.52. The molecule has 2 atom stereocenters. The molecule has 0 spiro atoms. The number of rotatable bonds is 6. The van der Waals surface area contributed by atoms with Crippen LogP contribution in [-0.2, 0) is 24.3 Å². The molecular weight excluding hydrogens is 392 g/mol. The Bertz CT molecular complexity index is 1000. The molecule has 2 aliphatic rings. The molecule has 31 heavy (non-hydrogen) atoms. The smallest absolute Gasteiger partial charge is 0.255 e. The Kier molecular flexibility index (Phi) is 5.90. The van der Waals surface area contributed by atoms with Crippen LogP contribution in [0.25, 0.3) is 0 Å². The first-order valence-electron chi connectivity index (χ1n) is 10.9. The Morgan fingerprint density at radius 1 is 1.03 bits per heavy atom. The zero-order chi connectivity index (χ0) is 22.1. The minimum Gasteiger partial charge on any atom is -0.493 e. The van der Waals surface area contributed by atoms with E-state index in [-0.39, 0.29) is 17.7 Å². The highest BCUT2D eigenvalue weighted by Gasteiger charge is 2.41. The number of benzene rings is 2. The summed E-state index contributed by atoms with van der Waals surface area (Å²) in [7, 11) is 3.25. The molecule has 0 aliphatic carbocycles. The average Bonchev–Trinajstić information content (AvgIpc) is 3.13. The van der Waals surface area contributed by atoms with Crippen LogP contribution in [-0.4, -0.2) is 48.4 Å². The molecule has 4 rings (SSSR count). The molecule has 164 valence electrons. The summed E-state index contributed by atoms with van der Waals surface area (Å²) in [5.41, 5.74) is 3.95. The van der Waals surface area contributed by atoms with Crippen molar-refractivity contribution < 1.29 is 19.1 Å². The zero-order valence-electron chi connectivity index (χ0n) is 18.7. The van der Waals surface area contributed by atoms with Gasteiger partial charge in [-0.25, -0.2) is 0 Å². The van der Waals surface area contributed by atoms with Crippen molar-refractivity contribution in [3.05, 3.63) is 58.7 Å². The van der Waals surface area contributed by atoms with Crippen molar-refractivity contribution in [2.24, 2.45) is 5.92 Å². The Morgan fingerprint density at radius 3 is 2.35 bits per heavy atom. The van der Waals surface area contributed by atoms with E-state index in [1.807, 2.05) is 41.3 Å². The monoisotopic (exact) mass is 422 g/mol. The lowest BCUT2D eigenvalue weighted by Gasteiger charge is -2.37. The number of nitrogens with zero attached hydrogens (tertiary/aromatic N) is 2. The summed E-state index contributed by atoms with van der Waals surface area (Å²) in [6, 6.07) is 11.1. The highest BCUT2D eigenvalue weighted by Crippen LogP contribution is 2.34. The third kappa shape index (κ3) is 3.75. The molecule has 0 unspecified atom stereocenters. The third-order valence-corrected chi connectivity index (χ3v) is 6.65. The highest BCUT2D eigenvalue weighted by atomic mass is 16.5. The molecular formula is C25H30N2O4. The van der Waals surface area contributed by atoms with Gasteiger partial charge >= 0.3 is 0 Å². The van der Waals surface area contributed by atoms with E-state index in [4.69, 9.17) is 9.47 Å². The van der Waals surface area contributed by atoms with Crippen LogP contribution in [0, 0.1) is 5.92 Å². The standard InChI is InChI=1S/C25H30N2O4/c1-5-16(2)23(27-15-18-8-6-7-9-20(18)24(27)28)25(29)26-11-10-17-12-21(30-3)22(31-4)13-19(17)14-26/h6-9,12-13,16,23H,5,10-11,14-15H2,1-4H3/t16-,23-/m0/s1. The number of fused-ring (bicyclic) bond motifs is 2. The van der Waals surface area contributed by atoms with Gasteiger partial charge in [-0.05, 0) is 47.2 Å². The minimum atomic E-state index is -0.466. The fraction of sp³-hybridized carbons (Fsp3) is 0.440. The van der Waals surface area contributed by atoms with Crippen LogP contribution in [0.1, 0.15) is 47.3 Å². The zero-order valence-corrected chi connectivity index (χ0v) is 18.7.